The van der Waals surface area contributed by atoms with Crippen molar-refractivity contribution in [2.45, 2.75) is 6.92 Å². The van der Waals surface area contributed by atoms with Gasteiger partial charge in [0.25, 0.3) is 0 Å². The van der Waals surface area contributed by atoms with E-state index < -0.39 is 0 Å². The van der Waals surface area contributed by atoms with E-state index in [-0.39, 0.29) is 0 Å². The Morgan fingerprint density at radius 3 is 1.78 bits per heavy atom. The molecule has 10 aromatic carbocycles. The lowest BCUT2D eigenvalue weighted by Gasteiger charge is -2.14. The Morgan fingerprint density at radius 2 is 0.905 bits per heavy atom. The van der Waals surface area contributed by atoms with Crippen molar-refractivity contribution < 1.29 is 8.83 Å². The van der Waals surface area contributed by atoms with Gasteiger partial charge in [0.15, 0.2) is 17.5 Å². The van der Waals surface area contributed by atoms with Crippen molar-refractivity contribution in [3.8, 4) is 56.4 Å². The van der Waals surface area contributed by atoms with Crippen LogP contribution in [0.5, 0.6) is 0 Å². The molecule has 3 aromatic heterocycles. The van der Waals surface area contributed by atoms with E-state index >= 15 is 0 Å². The van der Waals surface area contributed by atoms with E-state index in [1.54, 1.807) is 0 Å². The number of benzene rings is 10. The molecule has 0 radical (unpaired) electrons. The second-order valence-corrected chi connectivity index (χ2v) is 16.4. The summed E-state index contributed by atoms with van der Waals surface area (Å²) < 4.78 is 12.6. The summed E-state index contributed by atoms with van der Waals surface area (Å²) in [6, 6.07) is 68.2. The Kier molecular flexibility index (Phi) is 7.75. The van der Waals surface area contributed by atoms with Gasteiger partial charge < -0.3 is 8.83 Å². The first-order valence-electron chi connectivity index (χ1n) is 21.2. The van der Waals surface area contributed by atoms with Gasteiger partial charge in [-0.2, -0.15) is 0 Å². The van der Waals surface area contributed by atoms with Gasteiger partial charge in [0.05, 0.1) is 0 Å². The largest absolute Gasteiger partial charge is 0.456 e. The summed E-state index contributed by atoms with van der Waals surface area (Å²) in [4.78, 5) is 15.9. The van der Waals surface area contributed by atoms with Crippen LogP contribution >= 0.6 is 0 Å². The number of fused-ring (bicyclic) bond motifs is 10. The maximum atomic E-state index is 6.42. The number of hydrogen-bond acceptors (Lipinski definition) is 5. The summed E-state index contributed by atoms with van der Waals surface area (Å²) in [5.74, 6) is 1.79. The third kappa shape index (κ3) is 5.74. The summed E-state index contributed by atoms with van der Waals surface area (Å²) in [5.41, 5.74) is 11.9. The Bertz CT molecular complexity index is 3990. The molecule has 0 aliphatic rings. The van der Waals surface area contributed by atoms with Crippen LogP contribution < -0.4 is 0 Å². The third-order valence-electron chi connectivity index (χ3n) is 12.6. The monoisotopic (exact) mass is 805 g/mol. The van der Waals surface area contributed by atoms with E-state index in [1.165, 1.54) is 10.9 Å². The maximum absolute atomic E-state index is 6.42. The number of rotatable bonds is 5. The number of furan rings is 2. The molecule has 0 saturated heterocycles. The highest BCUT2D eigenvalue weighted by molar-refractivity contribution is 6.19. The molecule has 0 spiro atoms. The van der Waals surface area contributed by atoms with Crippen molar-refractivity contribution in [1.82, 2.24) is 15.0 Å². The van der Waals surface area contributed by atoms with Crippen molar-refractivity contribution in [1.29, 1.82) is 0 Å². The lowest BCUT2D eigenvalue weighted by atomic mass is 9.92. The second kappa shape index (κ2) is 13.8. The van der Waals surface area contributed by atoms with Crippen LogP contribution in [0.4, 0.5) is 0 Å². The van der Waals surface area contributed by atoms with Crippen LogP contribution in [0.15, 0.2) is 203 Å². The zero-order valence-electron chi connectivity index (χ0n) is 34.1. The lowest BCUT2D eigenvalue weighted by molar-refractivity contribution is 0.668. The van der Waals surface area contributed by atoms with Crippen molar-refractivity contribution in [2.24, 2.45) is 0 Å². The third-order valence-corrected chi connectivity index (χ3v) is 12.6. The minimum Gasteiger partial charge on any atom is -0.456 e. The number of aryl methyl sites for hydroxylation is 1. The molecule has 0 unspecified atom stereocenters. The van der Waals surface area contributed by atoms with Crippen LogP contribution in [0.1, 0.15) is 5.56 Å². The molecule has 0 aliphatic carbocycles. The molecule has 0 atom stereocenters. The van der Waals surface area contributed by atoms with Crippen molar-refractivity contribution in [3.63, 3.8) is 0 Å². The molecule has 13 rings (SSSR count). The predicted octanol–water partition coefficient (Wildman–Crippen LogP) is 15.8. The zero-order chi connectivity index (χ0) is 41.6. The SMILES string of the molecule is Cc1ccc2c(c1)oc1cccc(-c3nc(-c4ccc5ccc(-c6ccccc6)cc5c4)nc(-c4ccc(-c5ccc6c(ccc7oc8ccccc8c76)c5)c5ccccc45)n3)c12. The highest BCUT2D eigenvalue weighted by atomic mass is 16.3. The predicted molar refractivity (Wildman–Crippen MR) is 259 cm³/mol. The maximum Gasteiger partial charge on any atom is 0.164 e. The molecule has 294 valence electrons. The van der Waals surface area contributed by atoms with Crippen molar-refractivity contribution >= 4 is 76.2 Å². The molecular formula is C58H35N3O2. The minimum atomic E-state index is 0.586. The van der Waals surface area contributed by atoms with Gasteiger partial charge in [0.1, 0.15) is 22.3 Å². The molecule has 0 bridgehead atoms. The summed E-state index contributed by atoms with van der Waals surface area (Å²) in [5, 5.41) is 11.1. The minimum absolute atomic E-state index is 0.586. The van der Waals surface area contributed by atoms with Crippen LogP contribution in [-0.2, 0) is 0 Å². The van der Waals surface area contributed by atoms with Crippen molar-refractivity contribution in [3.05, 3.63) is 200 Å². The van der Waals surface area contributed by atoms with Gasteiger partial charge in [-0.25, -0.2) is 15.0 Å². The Hall–Kier alpha value is -8.41. The average Bonchev–Trinajstić information content (AvgIpc) is 3.91. The molecule has 3 heterocycles. The quantitative estimate of drug-likeness (QED) is 0.173. The number of para-hydroxylation sites is 1. The fourth-order valence-electron chi connectivity index (χ4n) is 9.53. The molecule has 0 amide bonds. The van der Waals surface area contributed by atoms with E-state index in [0.717, 1.165) is 110 Å². The van der Waals surface area contributed by atoms with Crippen molar-refractivity contribution in [2.75, 3.05) is 0 Å². The molecule has 0 fully saturated rings. The van der Waals surface area contributed by atoms with Gasteiger partial charge in [-0.15, -0.1) is 0 Å². The summed E-state index contributed by atoms with van der Waals surface area (Å²) in [7, 11) is 0. The normalized spacial score (nSPS) is 11.9. The van der Waals surface area contributed by atoms with Gasteiger partial charge in [0.2, 0.25) is 0 Å². The van der Waals surface area contributed by atoms with Gasteiger partial charge in [-0.1, -0.05) is 146 Å². The van der Waals surface area contributed by atoms with Gasteiger partial charge >= 0.3 is 0 Å². The number of nitrogens with zero attached hydrogens (tertiary/aromatic N) is 3. The van der Waals surface area contributed by atoms with Crippen LogP contribution in [0.3, 0.4) is 0 Å². The van der Waals surface area contributed by atoms with E-state index in [9.17, 15) is 0 Å². The van der Waals surface area contributed by atoms with E-state index in [1.807, 2.05) is 30.3 Å². The fraction of sp³-hybridized carbons (Fsp3) is 0.0172. The lowest BCUT2D eigenvalue weighted by Crippen LogP contribution is -2.01. The zero-order valence-corrected chi connectivity index (χ0v) is 34.1. The molecule has 13 aromatic rings. The summed E-state index contributed by atoms with van der Waals surface area (Å²) >= 11 is 0. The summed E-state index contributed by atoms with van der Waals surface area (Å²) in [6.07, 6.45) is 0. The van der Waals surface area contributed by atoms with Crippen LogP contribution in [-0.4, -0.2) is 15.0 Å². The highest BCUT2D eigenvalue weighted by Gasteiger charge is 2.20. The molecule has 0 aliphatic heterocycles. The van der Waals surface area contributed by atoms with E-state index in [4.69, 9.17) is 23.8 Å². The van der Waals surface area contributed by atoms with Gasteiger partial charge in [-0.05, 0) is 116 Å². The molecular weight excluding hydrogens is 771 g/mol. The van der Waals surface area contributed by atoms with E-state index in [2.05, 4.69) is 171 Å². The van der Waals surface area contributed by atoms with E-state index in [0.29, 0.717) is 17.5 Å². The van der Waals surface area contributed by atoms with Gasteiger partial charge in [0, 0.05) is 38.2 Å². The molecule has 5 heteroatoms. The van der Waals surface area contributed by atoms with Crippen LogP contribution in [0.25, 0.3) is 133 Å². The molecule has 63 heavy (non-hydrogen) atoms. The van der Waals surface area contributed by atoms with Crippen LogP contribution in [0.2, 0.25) is 0 Å². The topological polar surface area (TPSA) is 65.0 Å². The average molecular weight is 806 g/mol. The Balaban J connectivity index is 1.00. The summed E-state index contributed by atoms with van der Waals surface area (Å²) in [6.45, 7) is 2.08. The number of aromatic nitrogens is 3. The second-order valence-electron chi connectivity index (χ2n) is 16.4. The number of hydrogen-bond donors (Lipinski definition) is 0. The Labute approximate surface area is 361 Å². The van der Waals surface area contributed by atoms with Crippen LogP contribution in [0, 0.1) is 6.92 Å². The first-order chi connectivity index (χ1) is 31.1. The molecule has 5 nitrogen and oxygen atoms in total. The molecule has 0 N–H and O–H groups in total. The fourth-order valence-corrected chi connectivity index (χ4v) is 9.53. The van der Waals surface area contributed by atoms with Gasteiger partial charge in [-0.3, -0.25) is 0 Å². The molecule has 0 saturated carbocycles. The first kappa shape index (κ1) is 35.4. The smallest absolute Gasteiger partial charge is 0.164 e. The Morgan fingerprint density at radius 1 is 0.302 bits per heavy atom. The standard InChI is InChI=1S/C58H35N3O2/c1-34-18-25-48-53(30-34)63-51-17-9-15-49(55(48)51)58-60-56(40-22-20-36-19-21-37(31-41(36)33-40)35-10-3-2-4-11-35)59-57(61-58)46-28-27-42(44-12-5-6-13-45(44)46)38-23-26-43-39(32-38)24-29-52-54(43)47-14-7-8-16-50(47)62-52/h2-33H,1H3. The first-order valence-corrected chi connectivity index (χ1v) is 21.2. The highest BCUT2D eigenvalue weighted by Crippen LogP contribution is 2.41.